The Labute approximate surface area is 147 Å². The molecule has 1 aliphatic rings. The lowest BCUT2D eigenvalue weighted by Crippen LogP contribution is -2.31. The minimum Gasteiger partial charge on any atom is -0.350 e. The van der Waals surface area contributed by atoms with Gasteiger partial charge < -0.3 is 10.6 Å². The van der Waals surface area contributed by atoms with Crippen molar-refractivity contribution in [1.29, 1.82) is 0 Å². The summed E-state index contributed by atoms with van der Waals surface area (Å²) in [6.07, 6.45) is -1.77. The van der Waals surface area contributed by atoms with Crippen LogP contribution in [0.5, 0.6) is 0 Å². The van der Waals surface area contributed by atoms with Crippen LogP contribution in [0.3, 0.4) is 0 Å². The molecule has 0 radical (unpaired) electrons. The van der Waals surface area contributed by atoms with Crippen LogP contribution >= 0.6 is 11.3 Å². The third kappa shape index (κ3) is 4.79. The van der Waals surface area contributed by atoms with E-state index in [9.17, 15) is 18.0 Å². The number of amides is 1. The monoisotopic (exact) mass is 369 g/mol. The average Bonchev–Trinajstić information content (AvgIpc) is 3.24. The van der Waals surface area contributed by atoms with Gasteiger partial charge in [0.05, 0.1) is 17.8 Å². The summed E-state index contributed by atoms with van der Waals surface area (Å²) in [5.74, 6) is -0.0246. The number of benzene rings is 1. The third-order valence-corrected chi connectivity index (χ3v) is 5.01. The molecule has 0 bridgehead atoms. The maximum atomic E-state index is 12.6. The zero-order valence-corrected chi connectivity index (χ0v) is 14.2. The van der Waals surface area contributed by atoms with Gasteiger partial charge in [-0.3, -0.25) is 4.79 Å². The van der Waals surface area contributed by atoms with E-state index in [1.807, 2.05) is 0 Å². The lowest BCUT2D eigenvalue weighted by Gasteiger charge is -2.09. The summed E-state index contributed by atoms with van der Waals surface area (Å²) in [6, 6.07) is 5.17. The molecule has 134 valence electrons. The van der Waals surface area contributed by atoms with Gasteiger partial charge in [-0.2, -0.15) is 13.2 Å². The Morgan fingerprint density at radius 2 is 2.08 bits per heavy atom. The fraction of sp³-hybridized carbons (Fsp3) is 0.412. The highest BCUT2D eigenvalue weighted by atomic mass is 32.1. The van der Waals surface area contributed by atoms with Crippen molar-refractivity contribution in [2.75, 3.05) is 6.54 Å². The van der Waals surface area contributed by atoms with E-state index < -0.39 is 11.7 Å². The molecule has 1 aromatic heterocycles. The number of nitrogens with zero attached hydrogens (tertiary/aromatic N) is 1. The van der Waals surface area contributed by atoms with Gasteiger partial charge in [0.2, 0.25) is 5.91 Å². The molecule has 4 nitrogen and oxygen atoms in total. The number of hydrogen-bond acceptors (Lipinski definition) is 4. The molecule has 1 aliphatic heterocycles. The number of aromatic nitrogens is 1. The van der Waals surface area contributed by atoms with E-state index in [4.69, 9.17) is 0 Å². The van der Waals surface area contributed by atoms with Crippen LogP contribution in [0.2, 0.25) is 0 Å². The van der Waals surface area contributed by atoms with Crippen molar-refractivity contribution >= 4 is 17.2 Å². The quantitative estimate of drug-likeness (QED) is 0.847. The van der Waals surface area contributed by atoms with Crippen molar-refractivity contribution in [2.45, 2.75) is 38.0 Å². The van der Waals surface area contributed by atoms with Gasteiger partial charge in [-0.15, -0.1) is 11.3 Å². The molecule has 3 rings (SSSR count). The van der Waals surface area contributed by atoms with Crippen LogP contribution in [-0.2, 0) is 17.5 Å². The number of halogens is 3. The summed E-state index contributed by atoms with van der Waals surface area (Å²) in [5, 5.41) is 8.55. The molecule has 8 heteroatoms. The first-order chi connectivity index (χ1) is 11.9. The molecule has 0 aliphatic carbocycles. The molecule has 1 atom stereocenters. The number of thiazole rings is 1. The van der Waals surface area contributed by atoms with Crippen LogP contribution in [0, 0.1) is 0 Å². The molecule has 1 saturated heterocycles. The van der Waals surface area contributed by atoms with Crippen LogP contribution in [0.1, 0.15) is 30.5 Å². The highest BCUT2D eigenvalue weighted by molar-refractivity contribution is 7.13. The summed E-state index contributed by atoms with van der Waals surface area (Å²) in [6.45, 7) is 1.28. The predicted octanol–water partition coefficient (Wildman–Crippen LogP) is 3.59. The second-order valence-electron chi connectivity index (χ2n) is 5.99. The Balaban J connectivity index is 1.55. The Hall–Kier alpha value is -1.93. The molecule has 1 fully saturated rings. The van der Waals surface area contributed by atoms with Gasteiger partial charge in [-0.1, -0.05) is 12.1 Å². The largest absolute Gasteiger partial charge is 0.416 e. The Bertz CT molecular complexity index is 721. The van der Waals surface area contributed by atoms with E-state index in [-0.39, 0.29) is 11.9 Å². The average molecular weight is 369 g/mol. The predicted molar refractivity (Wildman–Crippen MR) is 90.0 cm³/mol. The number of carbonyl (C=O) groups excluding carboxylic acids is 1. The highest BCUT2D eigenvalue weighted by Gasteiger charge is 2.30. The molecular formula is C17H18F3N3OS. The molecule has 0 spiro atoms. The van der Waals surface area contributed by atoms with Crippen molar-refractivity contribution in [3.05, 3.63) is 40.9 Å². The van der Waals surface area contributed by atoms with Crippen molar-refractivity contribution in [2.24, 2.45) is 0 Å². The van der Waals surface area contributed by atoms with E-state index in [1.165, 1.54) is 23.5 Å². The highest BCUT2D eigenvalue weighted by Crippen LogP contribution is 2.31. The minimum absolute atomic E-state index is 0.0246. The lowest BCUT2D eigenvalue weighted by atomic mass is 10.1. The third-order valence-electron chi connectivity index (χ3n) is 4.07. The SMILES string of the molecule is O=C(CC1CCCN1)NCc1csc(-c2ccc(C(F)(F)F)cc2)n1. The second kappa shape index (κ2) is 7.53. The summed E-state index contributed by atoms with van der Waals surface area (Å²) in [7, 11) is 0. The molecule has 2 aromatic rings. The van der Waals surface area contributed by atoms with Crippen molar-refractivity contribution in [3.63, 3.8) is 0 Å². The summed E-state index contributed by atoms with van der Waals surface area (Å²) >= 11 is 1.34. The topological polar surface area (TPSA) is 54.0 Å². The first-order valence-corrected chi connectivity index (χ1v) is 8.92. The number of alkyl halides is 3. The number of hydrogen-bond donors (Lipinski definition) is 2. The van der Waals surface area contributed by atoms with E-state index in [0.717, 1.165) is 31.5 Å². The number of carbonyl (C=O) groups is 1. The second-order valence-corrected chi connectivity index (χ2v) is 6.85. The molecule has 1 amide bonds. The van der Waals surface area contributed by atoms with Gasteiger partial charge in [0.15, 0.2) is 0 Å². The van der Waals surface area contributed by atoms with Crippen LogP contribution in [0.25, 0.3) is 10.6 Å². The zero-order valence-electron chi connectivity index (χ0n) is 13.4. The maximum absolute atomic E-state index is 12.6. The fourth-order valence-corrected chi connectivity index (χ4v) is 3.56. The fourth-order valence-electron chi connectivity index (χ4n) is 2.74. The van der Waals surface area contributed by atoms with Crippen molar-refractivity contribution in [3.8, 4) is 10.6 Å². The minimum atomic E-state index is -4.34. The van der Waals surface area contributed by atoms with Crippen LogP contribution in [-0.4, -0.2) is 23.5 Å². The summed E-state index contributed by atoms with van der Waals surface area (Å²) < 4.78 is 37.8. The first kappa shape index (κ1) is 17.9. The smallest absolute Gasteiger partial charge is 0.350 e. The van der Waals surface area contributed by atoms with E-state index in [0.29, 0.717) is 29.2 Å². The molecule has 2 N–H and O–H groups in total. The van der Waals surface area contributed by atoms with Crippen LogP contribution in [0.4, 0.5) is 13.2 Å². The Morgan fingerprint density at radius 3 is 2.72 bits per heavy atom. The number of nitrogens with one attached hydrogen (secondary N) is 2. The lowest BCUT2D eigenvalue weighted by molar-refractivity contribution is -0.137. The Morgan fingerprint density at radius 1 is 1.32 bits per heavy atom. The number of rotatable bonds is 5. The van der Waals surface area contributed by atoms with Crippen molar-refractivity contribution in [1.82, 2.24) is 15.6 Å². The van der Waals surface area contributed by atoms with Gasteiger partial charge in [0, 0.05) is 23.4 Å². The Kier molecular flexibility index (Phi) is 5.39. The van der Waals surface area contributed by atoms with Gasteiger partial charge in [0.1, 0.15) is 5.01 Å². The summed E-state index contributed by atoms with van der Waals surface area (Å²) in [4.78, 5) is 16.3. The van der Waals surface area contributed by atoms with Gasteiger partial charge in [0.25, 0.3) is 0 Å². The molecule has 1 aromatic carbocycles. The maximum Gasteiger partial charge on any atom is 0.416 e. The molecule has 2 heterocycles. The standard InChI is InChI=1S/C17H18F3N3OS/c18-17(19,20)12-5-3-11(4-6-12)16-23-14(10-25-16)9-22-15(24)8-13-2-1-7-21-13/h3-6,10,13,21H,1-2,7-9H2,(H,22,24). The molecule has 1 unspecified atom stereocenters. The van der Waals surface area contributed by atoms with Crippen LogP contribution in [0.15, 0.2) is 29.6 Å². The van der Waals surface area contributed by atoms with E-state index >= 15 is 0 Å². The molecular weight excluding hydrogens is 351 g/mol. The van der Waals surface area contributed by atoms with Crippen molar-refractivity contribution < 1.29 is 18.0 Å². The van der Waals surface area contributed by atoms with Gasteiger partial charge >= 0.3 is 6.18 Å². The molecule has 0 saturated carbocycles. The zero-order chi connectivity index (χ0) is 17.9. The first-order valence-electron chi connectivity index (χ1n) is 8.04. The van der Waals surface area contributed by atoms with E-state index in [2.05, 4.69) is 15.6 Å². The molecule has 25 heavy (non-hydrogen) atoms. The van der Waals surface area contributed by atoms with Crippen LogP contribution < -0.4 is 10.6 Å². The van der Waals surface area contributed by atoms with E-state index in [1.54, 1.807) is 5.38 Å². The van der Waals surface area contributed by atoms with Gasteiger partial charge in [-0.25, -0.2) is 4.98 Å². The summed E-state index contributed by atoms with van der Waals surface area (Å²) in [5.41, 5.74) is 0.652. The van der Waals surface area contributed by atoms with Gasteiger partial charge in [-0.05, 0) is 31.5 Å². The normalized spacial score (nSPS) is 17.6.